The Bertz CT molecular complexity index is 495. The molecule has 6 nitrogen and oxygen atoms in total. The van der Waals surface area contributed by atoms with Crippen molar-refractivity contribution < 1.29 is 14.7 Å². The number of nitrogens with zero attached hydrogens (tertiary/aromatic N) is 3. The molecule has 0 spiro atoms. The van der Waals surface area contributed by atoms with E-state index in [9.17, 15) is 9.59 Å². The molecule has 0 aromatic carbocycles. The lowest BCUT2D eigenvalue weighted by molar-refractivity contribution is -0.141. The van der Waals surface area contributed by atoms with Crippen molar-refractivity contribution >= 4 is 11.9 Å². The van der Waals surface area contributed by atoms with Crippen LogP contribution >= 0.6 is 0 Å². The summed E-state index contributed by atoms with van der Waals surface area (Å²) in [6.45, 7) is 5.01. The van der Waals surface area contributed by atoms with Crippen LogP contribution in [0.1, 0.15) is 42.9 Å². The molecular weight excluding hydrogens is 246 g/mol. The zero-order valence-electron chi connectivity index (χ0n) is 11.3. The van der Waals surface area contributed by atoms with Gasteiger partial charge in [-0.05, 0) is 32.3 Å². The topological polar surface area (TPSA) is 75.4 Å². The van der Waals surface area contributed by atoms with E-state index in [0.717, 1.165) is 18.5 Å². The van der Waals surface area contributed by atoms with Gasteiger partial charge in [0.1, 0.15) is 11.7 Å². The third-order valence-corrected chi connectivity index (χ3v) is 3.51. The third kappa shape index (κ3) is 2.47. The maximum absolute atomic E-state index is 12.5. The van der Waals surface area contributed by atoms with Crippen LogP contribution < -0.4 is 0 Å². The number of carboxylic acid groups (broad SMARTS) is 1. The molecule has 1 fully saturated rings. The molecule has 1 aromatic heterocycles. The van der Waals surface area contributed by atoms with Crippen LogP contribution in [0, 0.1) is 0 Å². The number of carboxylic acids is 1. The second kappa shape index (κ2) is 5.42. The predicted octanol–water partition coefficient (Wildman–Crippen LogP) is 1.15. The zero-order valence-corrected chi connectivity index (χ0v) is 11.3. The lowest BCUT2D eigenvalue weighted by atomic mass is 10.2. The average molecular weight is 265 g/mol. The van der Waals surface area contributed by atoms with Gasteiger partial charge in [-0.25, -0.2) is 4.79 Å². The van der Waals surface area contributed by atoms with Crippen molar-refractivity contribution in [1.29, 1.82) is 0 Å². The fourth-order valence-electron chi connectivity index (χ4n) is 2.47. The molecule has 2 rings (SSSR count). The number of rotatable bonds is 4. The summed E-state index contributed by atoms with van der Waals surface area (Å²) in [4.78, 5) is 25.1. The van der Waals surface area contributed by atoms with E-state index in [0.29, 0.717) is 25.2 Å². The molecule has 1 aromatic rings. The van der Waals surface area contributed by atoms with Crippen molar-refractivity contribution in [2.45, 2.75) is 45.7 Å². The Morgan fingerprint density at radius 2 is 2.21 bits per heavy atom. The van der Waals surface area contributed by atoms with Crippen LogP contribution in [0.25, 0.3) is 0 Å². The zero-order chi connectivity index (χ0) is 14.0. The molecule has 2 heterocycles. The van der Waals surface area contributed by atoms with E-state index < -0.39 is 12.0 Å². The number of likely N-dealkylation sites (tertiary alicyclic amines) is 1. The monoisotopic (exact) mass is 265 g/mol. The maximum Gasteiger partial charge on any atom is 0.326 e. The number of aliphatic carboxylic acids is 1. The Kier molecular flexibility index (Phi) is 3.87. The number of amides is 1. The Balaban J connectivity index is 2.28. The first-order chi connectivity index (χ1) is 9.08. The second-order valence-electron chi connectivity index (χ2n) is 4.69. The van der Waals surface area contributed by atoms with Crippen LogP contribution in [-0.4, -0.2) is 44.3 Å². The highest BCUT2D eigenvalue weighted by atomic mass is 16.4. The van der Waals surface area contributed by atoms with Crippen molar-refractivity contribution in [3.63, 3.8) is 0 Å². The van der Waals surface area contributed by atoms with Gasteiger partial charge in [-0.1, -0.05) is 6.92 Å². The molecular formula is C13H19N3O3. The molecule has 104 valence electrons. The number of hydrogen-bond donors (Lipinski definition) is 1. The van der Waals surface area contributed by atoms with E-state index in [-0.39, 0.29) is 5.91 Å². The summed E-state index contributed by atoms with van der Waals surface area (Å²) < 4.78 is 1.65. The van der Waals surface area contributed by atoms with Crippen LogP contribution in [0.5, 0.6) is 0 Å². The molecule has 1 N–H and O–H groups in total. The van der Waals surface area contributed by atoms with Crippen molar-refractivity contribution in [1.82, 2.24) is 14.7 Å². The van der Waals surface area contributed by atoms with E-state index >= 15 is 0 Å². The van der Waals surface area contributed by atoms with Gasteiger partial charge in [0.15, 0.2) is 0 Å². The van der Waals surface area contributed by atoms with E-state index in [2.05, 4.69) is 5.10 Å². The van der Waals surface area contributed by atoms with Gasteiger partial charge < -0.3 is 10.0 Å². The summed E-state index contributed by atoms with van der Waals surface area (Å²) in [5.41, 5.74) is 1.35. The molecule has 1 aliphatic rings. The van der Waals surface area contributed by atoms with Gasteiger partial charge in [-0.3, -0.25) is 9.48 Å². The molecule has 1 saturated heterocycles. The highest BCUT2D eigenvalue weighted by Crippen LogP contribution is 2.21. The molecule has 1 atom stereocenters. The molecule has 0 saturated carbocycles. The molecule has 0 bridgehead atoms. The first kappa shape index (κ1) is 13.6. The van der Waals surface area contributed by atoms with Gasteiger partial charge in [0.2, 0.25) is 0 Å². The normalized spacial score (nSPS) is 18.8. The van der Waals surface area contributed by atoms with E-state index in [1.54, 1.807) is 10.7 Å². The molecule has 1 aliphatic heterocycles. The van der Waals surface area contributed by atoms with Gasteiger partial charge in [0, 0.05) is 13.1 Å². The summed E-state index contributed by atoms with van der Waals surface area (Å²) in [7, 11) is 0. The SMILES string of the molecule is CCc1cc(C(=O)N2CCCC2C(=O)O)n(CC)n1. The van der Waals surface area contributed by atoms with E-state index in [1.165, 1.54) is 4.90 Å². The van der Waals surface area contributed by atoms with Gasteiger partial charge in [-0.15, -0.1) is 0 Å². The summed E-state index contributed by atoms with van der Waals surface area (Å²) in [5.74, 6) is -1.15. The van der Waals surface area contributed by atoms with Crippen LogP contribution in [0.4, 0.5) is 0 Å². The number of aryl methyl sites for hydroxylation is 2. The Labute approximate surface area is 112 Å². The van der Waals surface area contributed by atoms with Gasteiger partial charge in [0.25, 0.3) is 5.91 Å². The Morgan fingerprint density at radius 1 is 1.47 bits per heavy atom. The van der Waals surface area contributed by atoms with Crippen LogP contribution in [0.2, 0.25) is 0 Å². The number of aromatic nitrogens is 2. The summed E-state index contributed by atoms with van der Waals surface area (Å²) in [6, 6.07) is 1.07. The first-order valence-corrected chi connectivity index (χ1v) is 6.69. The molecule has 0 radical (unpaired) electrons. The molecule has 1 amide bonds. The largest absolute Gasteiger partial charge is 0.480 e. The minimum atomic E-state index is -0.927. The third-order valence-electron chi connectivity index (χ3n) is 3.51. The second-order valence-corrected chi connectivity index (χ2v) is 4.69. The first-order valence-electron chi connectivity index (χ1n) is 6.69. The average Bonchev–Trinajstić information content (AvgIpc) is 3.04. The number of hydrogen-bond acceptors (Lipinski definition) is 3. The summed E-state index contributed by atoms with van der Waals surface area (Å²) in [6.07, 6.45) is 2.03. The van der Waals surface area contributed by atoms with E-state index in [4.69, 9.17) is 5.11 Å². The smallest absolute Gasteiger partial charge is 0.326 e. The molecule has 1 unspecified atom stereocenters. The fourth-order valence-corrected chi connectivity index (χ4v) is 2.47. The van der Waals surface area contributed by atoms with Crippen LogP contribution in [-0.2, 0) is 17.8 Å². The summed E-state index contributed by atoms with van der Waals surface area (Å²) in [5, 5.41) is 13.5. The van der Waals surface area contributed by atoms with E-state index in [1.807, 2.05) is 13.8 Å². The molecule has 6 heteroatoms. The number of carbonyl (C=O) groups excluding carboxylic acids is 1. The predicted molar refractivity (Wildman–Crippen MR) is 69.0 cm³/mol. The lowest BCUT2D eigenvalue weighted by Crippen LogP contribution is -2.41. The Morgan fingerprint density at radius 3 is 2.79 bits per heavy atom. The molecule has 19 heavy (non-hydrogen) atoms. The van der Waals surface area contributed by atoms with Crippen molar-refractivity contribution in [3.8, 4) is 0 Å². The van der Waals surface area contributed by atoms with Gasteiger partial charge >= 0.3 is 5.97 Å². The van der Waals surface area contributed by atoms with Crippen LogP contribution in [0.3, 0.4) is 0 Å². The summed E-state index contributed by atoms with van der Waals surface area (Å²) >= 11 is 0. The van der Waals surface area contributed by atoms with Crippen LogP contribution in [0.15, 0.2) is 6.07 Å². The van der Waals surface area contributed by atoms with Crippen molar-refractivity contribution in [3.05, 3.63) is 17.5 Å². The number of carbonyl (C=O) groups is 2. The van der Waals surface area contributed by atoms with Gasteiger partial charge in [0.05, 0.1) is 5.69 Å². The Hall–Kier alpha value is -1.85. The molecule has 0 aliphatic carbocycles. The van der Waals surface area contributed by atoms with Crippen molar-refractivity contribution in [2.24, 2.45) is 0 Å². The maximum atomic E-state index is 12.5. The van der Waals surface area contributed by atoms with Gasteiger partial charge in [-0.2, -0.15) is 5.10 Å². The quantitative estimate of drug-likeness (QED) is 0.886. The van der Waals surface area contributed by atoms with Crippen molar-refractivity contribution in [2.75, 3.05) is 6.54 Å². The standard InChI is InChI=1S/C13H19N3O3/c1-3-9-8-11(16(4-2)14-9)12(17)15-7-5-6-10(15)13(18)19/h8,10H,3-7H2,1-2H3,(H,18,19). The minimum Gasteiger partial charge on any atom is -0.480 e. The fraction of sp³-hybridized carbons (Fsp3) is 0.615. The highest BCUT2D eigenvalue weighted by molar-refractivity contribution is 5.95. The minimum absolute atomic E-state index is 0.223. The highest BCUT2D eigenvalue weighted by Gasteiger charge is 2.35. The lowest BCUT2D eigenvalue weighted by Gasteiger charge is -2.21.